The Morgan fingerprint density at radius 2 is 1.28 bits per heavy atom. The highest BCUT2D eigenvalue weighted by Gasteiger charge is 1.94. The van der Waals surface area contributed by atoms with E-state index in [0.717, 1.165) is 19.3 Å². The number of hydrogen-bond donors (Lipinski definition) is 2. The Balaban J connectivity index is 0.00000137. The van der Waals surface area contributed by atoms with Crippen molar-refractivity contribution >= 4 is 0 Å². The maximum Gasteiger partial charge on any atom is 0.115 e. The standard InChI is InChI=1S/C14H22O2.C2H6/c15-12-6-4-2-1-3-5-7-13-8-10-14(16)11-9-13;1-2/h8-11,15-16H,1-7,12H2;1-2H3. The summed E-state index contributed by atoms with van der Waals surface area (Å²) in [5.41, 5.74) is 1.30. The molecule has 0 aliphatic carbocycles. The Morgan fingerprint density at radius 3 is 1.83 bits per heavy atom. The van der Waals surface area contributed by atoms with Crippen molar-refractivity contribution < 1.29 is 10.2 Å². The fraction of sp³-hybridized carbons (Fsp3) is 0.625. The third kappa shape index (κ3) is 9.06. The first kappa shape index (κ1) is 17.0. The largest absolute Gasteiger partial charge is 0.508 e. The molecule has 1 rings (SSSR count). The van der Waals surface area contributed by atoms with Gasteiger partial charge in [0.25, 0.3) is 0 Å². The number of unbranched alkanes of at least 4 members (excludes halogenated alkanes) is 5. The summed E-state index contributed by atoms with van der Waals surface area (Å²) in [5, 5.41) is 17.7. The van der Waals surface area contributed by atoms with Crippen LogP contribution in [0.3, 0.4) is 0 Å². The summed E-state index contributed by atoms with van der Waals surface area (Å²) in [6.07, 6.45) is 8.15. The van der Waals surface area contributed by atoms with Crippen molar-refractivity contribution in [2.24, 2.45) is 0 Å². The van der Waals surface area contributed by atoms with Crippen molar-refractivity contribution in [3.8, 4) is 5.75 Å². The highest BCUT2D eigenvalue weighted by Crippen LogP contribution is 2.13. The zero-order valence-electron chi connectivity index (χ0n) is 11.9. The van der Waals surface area contributed by atoms with E-state index in [-0.39, 0.29) is 0 Å². The van der Waals surface area contributed by atoms with E-state index < -0.39 is 0 Å². The number of rotatable bonds is 8. The van der Waals surface area contributed by atoms with Gasteiger partial charge in [-0.3, -0.25) is 0 Å². The van der Waals surface area contributed by atoms with Gasteiger partial charge in [-0.25, -0.2) is 0 Å². The van der Waals surface area contributed by atoms with Gasteiger partial charge in [-0.2, -0.15) is 0 Å². The molecule has 0 heterocycles. The van der Waals surface area contributed by atoms with E-state index in [1.807, 2.05) is 26.0 Å². The molecule has 0 radical (unpaired) electrons. The summed E-state index contributed by atoms with van der Waals surface area (Å²) in [4.78, 5) is 0. The van der Waals surface area contributed by atoms with E-state index in [1.165, 1.54) is 31.2 Å². The first-order chi connectivity index (χ1) is 8.83. The molecular formula is C16H28O2. The van der Waals surface area contributed by atoms with Crippen molar-refractivity contribution in [1.29, 1.82) is 0 Å². The lowest BCUT2D eigenvalue weighted by atomic mass is 10.0. The third-order valence-electron chi connectivity index (χ3n) is 2.81. The molecule has 0 spiro atoms. The smallest absolute Gasteiger partial charge is 0.115 e. The first-order valence-electron chi connectivity index (χ1n) is 7.21. The quantitative estimate of drug-likeness (QED) is 0.677. The maximum absolute atomic E-state index is 9.13. The minimum atomic E-state index is 0.327. The second kappa shape index (κ2) is 12.4. The molecule has 2 nitrogen and oxygen atoms in total. The normalized spacial score (nSPS) is 9.72. The highest BCUT2D eigenvalue weighted by molar-refractivity contribution is 5.25. The maximum atomic E-state index is 9.13. The average Bonchev–Trinajstić information content (AvgIpc) is 2.42. The summed E-state index contributed by atoms with van der Waals surface area (Å²) < 4.78 is 0. The monoisotopic (exact) mass is 252 g/mol. The van der Waals surface area contributed by atoms with Crippen molar-refractivity contribution in [2.45, 2.75) is 58.8 Å². The van der Waals surface area contributed by atoms with E-state index in [1.54, 1.807) is 12.1 Å². The number of phenolic OH excluding ortho intramolecular Hbond substituents is 1. The molecule has 0 aliphatic heterocycles. The molecular weight excluding hydrogens is 224 g/mol. The van der Waals surface area contributed by atoms with E-state index in [9.17, 15) is 0 Å². The molecule has 1 aromatic rings. The van der Waals surface area contributed by atoms with E-state index >= 15 is 0 Å². The Labute approximate surface area is 112 Å². The molecule has 0 unspecified atom stereocenters. The summed E-state index contributed by atoms with van der Waals surface area (Å²) >= 11 is 0. The number of benzene rings is 1. The molecule has 2 N–H and O–H groups in total. The molecule has 0 saturated carbocycles. The molecule has 0 aromatic heterocycles. The van der Waals surface area contributed by atoms with Crippen LogP contribution in [0.4, 0.5) is 0 Å². The SMILES string of the molecule is CC.OCCCCCCCCc1ccc(O)cc1. The molecule has 0 bridgehead atoms. The van der Waals surface area contributed by atoms with Crippen LogP contribution in [0.25, 0.3) is 0 Å². The minimum Gasteiger partial charge on any atom is -0.508 e. The van der Waals surface area contributed by atoms with Crippen molar-refractivity contribution in [2.75, 3.05) is 6.61 Å². The molecule has 0 amide bonds. The third-order valence-corrected chi connectivity index (χ3v) is 2.81. The van der Waals surface area contributed by atoms with Crippen molar-refractivity contribution in [1.82, 2.24) is 0 Å². The van der Waals surface area contributed by atoms with Gasteiger partial charge >= 0.3 is 0 Å². The van der Waals surface area contributed by atoms with Gasteiger partial charge in [-0.05, 0) is 37.0 Å². The molecule has 1 aromatic carbocycles. The molecule has 0 aliphatic rings. The number of phenols is 1. The van der Waals surface area contributed by atoms with E-state index in [0.29, 0.717) is 12.4 Å². The van der Waals surface area contributed by atoms with Crippen LogP contribution in [-0.2, 0) is 6.42 Å². The molecule has 18 heavy (non-hydrogen) atoms. The number of hydrogen-bond acceptors (Lipinski definition) is 2. The number of aryl methyl sites for hydroxylation is 1. The van der Waals surface area contributed by atoms with Gasteiger partial charge < -0.3 is 10.2 Å². The molecule has 0 atom stereocenters. The number of aromatic hydroxyl groups is 1. The van der Waals surface area contributed by atoms with Crippen LogP contribution in [0.1, 0.15) is 57.9 Å². The van der Waals surface area contributed by atoms with Gasteiger partial charge in [0, 0.05) is 6.61 Å². The summed E-state index contributed by atoms with van der Waals surface area (Å²) in [6, 6.07) is 7.47. The summed E-state index contributed by atoms with van der Waals surface area (Å²) in [7, 11) is 0. The Hall–Kier alpha value is -1.02. The average molecular weight is 252 g/mol. The predicted molar refractivity (Wildman–Crippen MR) is 77.9 cm³/mol. The van der Waals surface area contributed by atoms with E-state index in [2.05, 4.69) is 0 Å². The van der Waals surface area contributed by atoms with Gasteiger partial charge in [-0.1, -0.05) is 51.7 Å². The van der Waals surface area contributed by atoms with Crippen LogP contribution in [-0.4, -0.2) is 16.8 Å². The van der Waals surface area contributed by atoms with Crippen LogP contribution in [0.5, 0.6) is 5.75 Å². The van der Waals surface area contributed by atoms with Crippen LogP contribution in [0.2, 0.25) is 0 Å². The highest BCUT2D eigenvalue weighted by atomic mass is 16.3. The Morgan fingerprint density at radius 1 is 0.778 bits per heavy atom. The zero-order chi connectivity index (χ0) is 13.6. The zero-order valence-corrected chi connectivity index (χ0v) is 11.9. The summed E-state index contributed by atoms with van der Waals surface area (Å²) in [5.74, 6) is 0.341. The minimum absolute atomic E-state index is 0.327. The van der Waals surface area contributed by atoms with Crippen LogP contribution >= 0.6 is 0 Å². The first-order valence-corrected chi connectivity index (χ1v) is 7.21. The topological polar surface area (TPSA) is 40.5 Å². The van der Waals surface area contributed by atoms with Crippen LogP contribution < -0.4 is 0 Å². The number of aliphatic hydroxyl groups excluding tert-OH is 1. The second-order valence-corrected chi connectivity index (χ2v) is 4.26. The van der Waals surface area contributed by atoms with Gasteiger partial charge in [-0.15, -0.1) is 0 Å². The lowest BCUT2D eigenvalue weighted by molar-refractivity contribution is 0.282. The fourth-order valence-corrected chi connectivity index (χ4v) is 1.81. The van der Waals surface area contributed by atoms with Crippen molar-refractivity contribution in [3.05, 3.63) is 29.8 Å². The van der Waals surface area contributed by atoms with Crippen LogP contribution in [0, 0.1) is 0 Å². The molecule has 104 valence electrons. The Kier molecular flexibility index (Phi) is 11.7. The lowest BCUT2D eigenvalue weighted by Gasteiger charge is -2.02. The van der Waals surface area contributed by atoms with E-state index in [4.69, 9.17) is 10.2 Å². The van der Waals surface area contributed by atoms with Gasteiger partial charge in [0.1, 0.15) is 5.75 Å². The fourth-order valence-electron chi connectivity index (χ4n) is 1.81. The van der Waals surface area contributed by atoms with Gasteiger partial charge in [0.15, 0.2) is 0 Å². The Bertz CT molecular complexity index is 267. The molecule has 0 fully saturated rings. The van der Waals surface area contributed by atoms with Gasteiger partial charge in [0.05, 0.1) is 0 Å². The summed E-state index contributed by atoms with van der Waals surface area (Å²) in [6.45, 7) is 4.33. The molecule has 0 saturated heterocycles. The number of aliphatic hydroxyl groups is 1. The molecule has 2 heteroatoms. The predicted octanol–water partition coefficient (Wildman–Crippen LogP) is 4.29. The van der Waals surface area contributed by atoms with Crippen LogP contribution in [0.15, 0.2) is 24.3 Å². The lowest BCUT2D eigenvalue weighted by Crippen LogP contribution is -1.87. The van der Waals surface area contributed by atoms with Gasteiger partial charge in [0.2, 0.25) is 0 Å². The second-order valence-electron chi connectivity index (χ2n) is 4.26. The van der Waals surface area contributed by atoms with Crippen molar-refractivity contribution in [3.63, 3.8) is 0 Å².